The maximum Gasteiger partial charge on any atom is 0.242 e. The molecule has 7 heteroatoms. The molecule has 28 heavy (non-hydrogen) atoms. The standard InChI is InChI=1S/C21H22ClN3O3/c22-15-2-1-3-16(11-15)23-6-8-24(9-7-23)17(26)12-25-20(27)18-13-4-5-14(10-13)19(18)21(25)28/h1-5,11,13-14,18-19H,6-10,12H2. The summed E-state index contributed by atoms with van der Waals surface area (Å²) >= 11 is 6.07. The lowest BCUT2D eigenvalue weighted by Crippen LogP contribution is -2.52. The first-order chi connectivity index (χ1) is 13.5. The lowest BCUT2D eigenvalue weighted by atomic mass is 9.85. The summed E-state index contributed by atoms with van der Waals surface area (Å²) in [6.07, 6.45) is 5.04. The fourth-order valence-corrected chi connectivity index (χ4v) is 5.43. The van der Waals surface area contributed by atoms with Gasteiger partial charge in [0, 0.05) is 36.9 Å². The average molecular weight is 400 g/mol. The highest BCUT2D eigenvalue weighted by atomic mass is 35.5. The summed E-state index contributed by atoms with van der Waals surface area (Å²) in [6, 6.07) is 7.68. The zero-order valence-electron chi connectivity index (χ0n) is 15.5. The van der Waals surface area contributed by atoms with E-state index in [1.54, 1.807) is 4.90 Å². The molecule has 146 valence electrons. The van der Waals surface area contributed by atoms with E-state index < -0.39 is 0 Å². The second kappa shape index (κ2) is 6.62. The highest BCUT2D eigenvalue weighted by molar-refractivity contribution is 6.30. The van der Waals surface area contributed by atoms with Crippen molar-refractivity contribution in [1.82, 2.24) is 9.80 Å². The van der Waals surface area contributed by atoms with E-state index in [2.05, 4.69) is 17.1 Å². The Labute approximate surface area is 168 Å². The Kier molecular flexibility index (Phi) is 4.19. The van der Waals surface area contributed by atoms with Crippen molar-refractivity contribution in [3.05, 3.63) is 41.4 Å². The monoisotopic (exact) mass is 399 g/mol. The van der Waals surface area contributed by atoms with Gasteiger partial charge in [-0.2, -0.15) is 0 Å². The second-order valence-corrected chi connectivity index (χ2v) is 8.55. The SMILES string of the molecule is O=C(CN1C(=O)C2C3C=CC(C3)C2C1=O)N1CCN(c2cccc(Cl)c2)CC1. The van der Waals surface area contributed by atoms with E-state index >= 15 is 0 Å². The zero-order chi connectivity index (χ0) is 19.4. The molecule has 2 aliphatic carbocycles. The Morgan fingerprint density at radius 1 is 1.00 bits per heavy atom. The molecule has 2 saturated heterocycles. The maximum absolute atomic E-state index is 12.8. The number of nitrogens with zero attached hydrogens (tertiary/aromatic N) is 3. The molecule has 2 aliphatic heterocycles. The van der Waals surface area contributed by atoms with Gasteiger partial charge in [-0.25, -0.2) is 0 Å². The van der Waals surface area contributed by atoms with Crippen LogP contribution >= 0.6 is 11.6 Å². The fourth-order valence-electron chi connectivity index (χ4n) is 5.24. The molecule has 0 spiro atoms. The molecule has 0 radical (unpaired) electrons. The minimum absolute atomic E-state index is 0.124. The van der Waals surface area contributed by atoms with Gasteiger partial charge in [-0.3, -0.25) is 19.3 Å². The van der Waals surface area contributed by atoms with Crippen LogP contribution in [0.15, 0.2) is 36.4 Å². The van der Waals surface area contributed by atoms with Crippen LogP contribution < -0.4 is 4.90 Å². The van der Waals surface area contributed by atoms with E-state index in [4.69, 9.17) is 11.6 Å². The molecule has 4 aliphatic rings. The summed E-state index contributed by atoms with van der Waals surface area (Å²) in [5.41, 5.74) is 1.04. The number of benzene rings is 1. The lowest BCUT2D eigenvalue weighted by molar-refractivity contribution is -0.147. The Hall–Kier alpha value is -2.34. The van der Waals surface area contributed by atoms with Crippen LogP contribution in [-0.2, 0) is 14.4 Å². The van der Waals surface area contributed by atoms with E-state index in [9.17, 15) is 14.4 Å². The third-order valence-corrected chi connectivity index (χ3v) is 6.90. The topological polar surface area (TPSA) is 60.9 Å². The number of carbonyl (C=O) groups is 3. The van der Waals surface area contributed by atoms with Gasteiger partial charge in [-0.15, -0.1) is 0 Å². The van der Waals surface area contributed by atoms with E-state index in [1.807, 2.05) is 24.3 Å². The Balaban J connectivity index is 1.20. The van der Waals surface area contributed by atoms with Crippen LogP contribution in [0.1, 0.15) is 6.42 Å². The number of carbonyl (C=O) groups excluding carboxylic acids is 3. The largest absolute Gasteiger partial charge is 0.368 e. The van der Waals surface area contributed by atoms with Crippen molar-refractivity contribution >= 4 is 35.0 Å². The van der Waals surface area contributed by atoms with Crippen molar-refractivity contribution in [3.8, 4) is 0 Å². The van der Waals surface area contributed by atoms with Gasteiger partial charge in [0.25, 0.3) is 0 Å². The van der Waals surface area contributed by atoms with Crippen LogP contribution in [-0.4, -0.2) is 60.2 Å². The molecule has 2 bridgehead atoms. The number of halogens is 1. The van der Waals surface area contributed by atoms with Gasteiger partial charge in [-0.1, -0.05) is 29.8 Å². The van der Waals surface area contributed by atoms with Gasteiger partial charge in [0.05, 0.1) is 11.8 Å². The third-order valence-electron chi connectivity index (χ3n) is 6.66. The molecule has 0 aromatic heterocycles. The van der Waals surface area contributed by atoms with Crippen molar-refractivity contribution in [2.75, 3.05) is 37.6 Å². The highest BCUT2D eigenvalue weighted by Gasteiger charge is 2.59. The van der Waals surface area contributed by atoms with Crippen LogP contribution in [0.4, 0.5) is 5.69 Å². The van der Waals surface area contributed by atoms with Crippen molar-refractivity contribution in [2.45, 2.75) is 6.42 Å². The quantitative estimate of drug-likeness (QED) is 0.574. The molecule has 4 unspecified atom stereocenters. The van der Waals surface area contributed by atoms with Gasteiger partial charge in [0.15, 0.2) is 0 Å². The van der Waals surface area contributed by atoms with Gasteiger partial charge in [0.1, 0.15) is 6.54 Å². The number of rotatable bonds is 3. The van der Waals surface area contributed by atoms with Crippen LogP contribution in [0.2, 0.25) is 5.02 Å². The number of piperazine rings is 1. The summed E-state index contributed by atoms with van der Waals surface area (Å²) < 4.78 is 0. The first-order valence-electron chi connectivity index (χ1n) is 9.85. The molecular formula is C21H22ClN3O3. The van der Waals surface area contributed by atoms with Gasteiger partial charge in [-0.05, 0) is 36.5 Å². The highest BCUT2D eigenvalue weighted by Crippen LogP contribution is 2.52. The van der Waals surface area contributed by atoms with E-state index in [0.717, 1.165) is 12.1 Å². The molecule has 3 amide bonds. The molecule has 5 rings (SSSR count). The van der Waals surface area contributed by atoms with E-state index in [1.165, 1.54) is 4.90 Å². The fraction of sp³-hybridized carbons (Fsp3) is 0.476. The summed E-state index contributed by atoms with van der Waals surface area (Å²) in [7, 11) is 0. The predicted octanol–water partition coefficient (Wildman–Crippen LogP) is 1.80. The molecule has 1 aromatic carbocycles. The molecule has 6 nitrogen and oxygen atoms in total. The number of fused-ring (bicyclic) bond motifs is 5. The normalized spacial score (nSPS) is 31.1. The summed E-state index contributed by atoms with van der Waals surface area (Å²) in [5.74, 6) is -0.589. The smallest absolute Gasteiger partial charge is 0.242 e. The first-order valence-corrected chi connectivity index (χ1v) is 10.2. The Morgan fingerprint density at radius 2 is 1.64 bits per heavy atom. The minimum atomic E-state index is -0.241. The van der Waals surface area contributed by atoms with Crippen LogP contribution in [0, 0.1) is 23.7 Å². The number of amides is 3. The Bertz CT molecular complexity index is 847. The number of allylic oxidation sites excluding steroid dienone is 2. The minimum Gasteiger partial charge on any atom is -0.368 e. The molecule has 2 heterocycles. The van der Waals surface area contributed by atoms with Crippen molar-refractivity contribution in [2.24, 2.45) is 23.7 Å². The summed E-state index contributed by atoms with van der Waals surface area (Å²) in [5, 5.41) is 0.691. The maximum atomic E-state index is 12.8. The number of imide groups is 1. The number of hydrogen-bond acceptors (Lipinski definition) is 4. The van der Waals surface area contributed by atoms with Crippen molar-refractivity contribution in [1.29, 1.82) is 0 Å². The molecule has 3 fully saturated rings. The molecule has 1 saturated carbocycles. The van der Waals surface area contributed by atoms with Crippen molar-refractivity contribution in [3.63, 3.8) is 0 Å². The molecule has 0 N–H and O–H groups in total. The first kappa shape index (κ1) is 17.7. The summed E-state index contributed by atoms with van der Waals surface area (Å²) in [4.78, 5) is 43.4. The van der Waals surface area contributed by atoms with Crippen molar-refractivity contribution < 1.29 is 14.4 Å². The number of anilines is 1. The number of likely N-dealkylation sites (tertiary alicyclic amines) is 1. The predicted molar refractivity (Wildman–Crippen MR) is 105 cm³/mol. The average Bonchev–Trinajstić information content (AvgIpc) is 3.38. The molecule has 1 aromatic rings. The van der Waals surface area contributed by atoms with Gasteiger partial charge >= 0.3 is 0 Å². The van der Waals surface area contributed by atoms with Gasteiger partial charge < -0.3 is 9.80 Å². The van der Waals surface area contributed by atoms with Crippen LogP contribution in [0.25, 0.3) is 0 Å². The van der Waals surface area contributed by atoms with Gasteiger partial charge in [0.2, 0.25) is 17.7 Å². The van der Waals surface area contributed by atoms with Crippen LogP contribution in [0.5, 0.6) is 0 Å². The molecular weight excluding hydrogens is 378 g/mol. The number of hydrogen-bond donors (Lipinski definition) is 0. The molecule has 4 atom stereocenters. The Morgan fingerprint density at radius 3 is 2.25 bits per heavy atom. The second-order valence-electron chi connectivity index (χ2n) is 8.11. The zero-order valence-corrected chi connectivity index (χ0v) is 16.2. The summed E-state index contributed by atoms with van der Waals surface area (Å²) in [6.45, 7) is 2.42. The van der Waals surface area contributed by atoms with Crippen LogP contribution in [0.3, 0.4) is 0 Å². The lowest BCUT2D eigenvalue weighted by Gasteiger charge is -2.36. The van der Waals surface area contributed by atoms with E-state index in [0.29, 0.717) is 31.2 Å². The third kappa shape index (κ3) is 2.73. The van der Waals surface area contributed by atoms with E-state index in [-0.39, 0.29) is 47.9 Å².